The minimum atomic E-state index is 0.0608. The van der Waals surface area contributed by atoms with Crippen molar-refractivity contribution in [3.05, 3.63) is 71.8 Å². The summed E-state index contributed by atoms with van der Waals surface area (Å²) in [6.45, 7) is 7.96. The number of hydrogen-bond acceptors (Lipinski definition) is 2. The Kier molecular flexibility index (Phi) is 5.54. The molecule has 0 aliphatic carbocycles. The largest absolute Gasteiger partial charge is 0.368 e. The van der Waals surface area contributed by atoms with E-state index in [0.717, 1.165) is 6.54 Å². The van der Waals surface area contributed by atoms with E-state index in [2.05, 4.69) is 62.5 Å². The summed E-state index contributed by atoms with van der Waals surface area (Å²) in [4.78, 5) is 0. The summed E-state index contributed by atoms with van der Waals surface area (Å²) in [5.74, 6) is 0. The van der Waals surface area contributed by atoms with Gasteiger partial charge in [-0.05, 0) is 31.9 Å². The van der Waals surface area contributed by atoms with E-state index in [-0.39, 0.29) is 11.6 Å². The summed E-state index contributed by atoms with van der Waals surface area (Å²) in [5, 5.41) is 3.53. The third-order valence-electron chi connectivity index (χ3n) is 3.28. The molecule has 0 aromatic heterocycles. The molecule has 1 atom stereocenters. The van der Waals surface area contributed by atoms with Gasteiger partial charge < -0.3 is 10.1 Å². The molecule has 2 aromatic rings. The minimum absolute atomic E-state index is 0.0608. The average Bonchev–Trinajstić information content (AvgIpc) is 2.48. The van der Waals surface area contributed by atoms with Crippen LogP contribution in [0.2, 0.25) is 0 Å². The molecule has 2 heteroatoms. The van der Waals surface area contributed by atoms with Crippen LogP contribution in [0.15, 0.2) is 60.7 Å². The first-order valence-electron chi connectivity index (χ1n) is 7.50. The van der Waals surface area contributed by atoms with E-state index in [0.29, 0.717) is 6.61 Å². The van der Waals surface area contributed by atoms with Gasteiger partial charge in [-0.3, -0.25) is 0 Å². The van der Waals surface area contributed by atoms with Gasteiger partial charge in [-0.25, -0.2) is 0 Å². The lowest BCUT2D eigenvalue weighted by atomic mass is 10.1. The molecule has 0 aliphatic heterocycles. The normalized spacial score (nSPS) is 13.1. The van der Waals surface area contributed by atoms with Gasteiger partial charge in [0.1, 0.15) is 0 Å². The maximum Gasteiger partial charge on any atom is 0.0953 e. The zero-order valence-corrected chi connectivity index (χ0v) is 13.2. The van der Waals surface area contributed by atoms with Gasteiger partial charge in [0, 0.05) is 12.1 Å². The summed E-state index contributed by atoms with van der Waals surface area (Å²) >= 11 is 0. The van der Waals surface area contributed by atoms with Crippen LogP contribution in [0.4, 0.5) is 0 Å². The van der Waals surface area contributed by atoms with Crippen molar-refractivity contribution in [1.29, 1.82) is 0 Å². The van der Waals surface area contributed by atoms with Gasteiger partial charge >= 0.3 is 0 Å². The fourth-order valence-corrected chi connectivity index (χ4v) is 2.11. The molecule has 0 spiro atoms. The van der Waals surface area contributed by atoms with Crippen LogP contribution in [0, 0.1) is 0 Å². The molecule has 2 nitrogen and oxygen atoms in total. The lowest BCUT2D eigenvalue weighted by Crippen LogP contribution is -2.39. The fraction of sp³-hybridized carbons (Fsp3) is 0.368. The Morgan fingerprint density at radius 3 is 2.05 bits per heavy atom. The second-order valence-corrected chi connectivity index (χ2v) is 6.33. The van der Waals surface area contributed by atoms with Crippen molar-refractivity contribution < 1.29 is 4.74 Å². The van der Waals surface area contributed by atoms with Crippen molar-refractivity contribution in [2.24, 2.45) is 0 Å². The number of benzene rings is 2. The van der Waals surface area contributed by atoms with Crippen LogP contribution in [-0.4, -0.2) is 12.1 Å². The van der Waals surface area contributed by atoms with Crippen LogP contribution < -0.4 is 5.32 Å². The number of rotatable bonds is 6. The molecule has 0 bridgehead atoms. The number of ether oxygens (including phenoxy) is 1. The lowest BCUT2D eigenvalue weighted by Gasteiger charge is -2.26. The highest BCUT2D eigenvalue weighted by atomic mass is 16.5. The van der Waals surface area contributed by atoms with E-state index in [1.165, 1.54) is 11.1 Å². The summed E-state index contributed by atoms with van der Waals surface area (Å²) in [6.07, 6.45) is 0.0608. The predicted molar refractivity (Wildman–Crippen MR) is 88.2 cm³/mol. The summed E-state index contributed by atoms with van der Waals surface area (Å²) in [6, 6.07) is 20.7. The van der Waals surface area contributed by atoms with Crippen molar-refractivity contribution in [3.63, 3.8) is 0 Å². The molecule has 0 heterocycles. The summed E-state index contributed by atoms with van der Waals surface area (Å²) in [5.41, 5.74) is 2.50. The van der Waals surface area contributed by atoms with E-state index in [1.807, 2.05) is 24.3 Å². The Hall–Kier alpha value is -1.64. The van der Waals surface area contributed by atoms with Crippen molar-refractivity contribution in [2.45, 2.75) is 39.0 Å². The highest BCUT2D eigenvalue weighted by Gasteiger charge is 2.16. The Bertz CT molecular complexity index is 516. The maximum atomic E-state index is 6.15. The van der Waals surface area contributed by atoms with Crippen molar-refractivity contribution in [3.8, 4) is 0 Å². The molecule has 1 unspecified atom stereocenters. The van der Waals surface area contributed by atoms with Gasteiger partial charge in [-0.15, -0.1) is 0 Å². The van der Waals surface area contributed by atoms with Crippen LogP contribution >= 0.6 is 0 Å². The smallest absolute Gasteiger partial charge is 0.0953 e. The Morgan fingerprint density at radius 1 is 0.905 bits per heavy atom. The lowest BCUT2D eigenvalue weighted by molar-refractivity contribution is 0.0358. The zero-order valence-electron chi connectivity index (χ0n) is 13.2. The van der Waals surface area contributed by atoms with Gasteiger partial charge in [-0.1, -0.05) is 60.7 Å². The van der Waals surface area contributed by atoms with Gasteiger partial charge in [0.2, 0.25) is 0 Å². The molecular weight excluding hydrogens is 258 g/mol. The van der Waals surface area contributed by atoms with Crippen molar-refractivity contribution in [2.75, 3.05) is 6.54 Å². The van der Waals surface area contributed by atoms with Crippen molar-refractivity contribution in [1.82, 2.24) is 5.32 Å². The molecule has 0 radical (unpaired) electrons. The van der Waals surface area contributed by atoms with E-state index in [1.54, 1.807) is 0 Å². The van der Waals surface area contributed by atoms with Crippen molar-refractivity contribution >= 4 is 0 Å². The van der Waals surface area contributed by atoms with Crippen LogP contribution in [-0.2, 0) is 11.3 Å². The predicted octanol–water partition coefficient (Wildman–Crippen LogP) is 4.33. The molecule has 1 N–H and O–H groups in total. The summed E-state index contributed by atoms with van der Waals surface area (Å²) < 4.78 is 6.15. The quantitative estimate of drug-likeness (QED) is 0.852. The first-order valence-corrected chi connectivity index (χ1v) is 7.50. The minimum Gasteiger partial charge on any atom is -0.368 e. The number of hydrogen-bond donors (Lipinski definition) is 1. The molecule has 0 amide bonds. The van der Waals surface area contributed by atoms with Gasteiger partial charge in [-0.2, -0.15) is 0 Å². The highest BCUT2D eigenvalue weighted by molar-refractivity contribution is 5.19. The Morgan fingerprint density at radius 2 is 1.48 bits per heavy atom. The molecule has 0 fully saturated rings. The topological polar surface area (TPSA) is 21.3 Å². The van der Waals surface area contributed by atoms with Crippen LogP contribution in [0.1, 0.15) is 38.0 Å². The molecule has 21 heavy (non-hydrogen) atoms. The fourth-order valence-electron chi connectivity index (χ4n) is 2.11. The van der Waals surface area contributed by atoms with E-state index in [4.69, 9.17) is 4.74 Å². The highest BCUT2D eigenvalue weighted by Crippen LogP contribution is 2.19. The molecule has 2 rings (SSSR count). The number of nitrogens with one attached hydrogen (secondary N) is 1. The SMILES string of the molecule is CC(C)(C)NCC(OCc1ccccc1)c1ccccc1. The molecule has 0 saturated carbocycles. The summed E-state index contributed by atoms with van der Waals surface area (Å²) in [7, 11) is 0. The van der Waals surface area contributed by atoms with Gasteiger partial charge in [0.25, 0.3) is 0 Å². The van der Waals surface area contributed by atoms with Crippen LogP contribution in [0.3, 0.4) is 0 Å². The standard InChI is InChI=1S/C19H25NO/c1-19(2,3)20-14-18(17-12-8-5-9-13-17)21-15-16-10-6-4-7-11-16/h4-13,18,20H,14-15H2,1-3H3. The third kappa shape index (κ3) is 5.70. The maximum absolute atomic E-state index is 6.15. The van der Waals surface area contributed by atoms with E-state index >= 15 is 0 Å². The monoisotopic (exact) mass is 283 g/mol. The molecule has 112 valence electrons. The average molecular weight is 283 g/mol. The van der Waals surface area contributed by atoms with Crippen LogP contribution in [0.25, 0.3) is 0 Å². The second-order valence-electron chi connectivity index (χ2n) is 6.33. The Labute approximate surface area is 128 Å². The Balaban J connectivity index is 2.02. The van der Waals surface area contributed by atoms with Gasteiger partial charge in [0.15, 0.2) is 0 Å². The molecular formula is C19H25NO. The first-order chi connectivity index (χ1) is 10.0. The third-order valence-corrected chi connectivity index (χ3v) is 3.28. The molecule has 0 aliphatic rings. The van der Waals surface area contributed by atoms with E-state index in [9.17, 15) is 0 Å². The molecule has 2 aromatic carbocycles. The van der Waals surface area contributed by atoms with Gasteiger partial charge in [0.05, 0.1) is 12.7 Å². The second kappa shape index (κ2) is 7.39. The molecule has 0 saturated heterocycles. The zero-order chi connectivity index (χ0) is 15.1. The first kappa shape index (κ1) is 15.7. The van der Waals surface area contributed by atoms with Crippen LogP contribution in [0.5, 0.6) is 0 Å². The van der Waals surface area contributed by atoms with E-state index < -0.39 is 0 Å².